The van der Waals surface area contributed by atoms with Crippen LogP contribution in [0.3, 0.4) is 0 Å². The molecule has 0 radical (unpaired) electrons. The van der Waals surface area contributed by atoms with E-state index in [4.69, 9.17) is 0 Å². The van der Waals surface area contributed by atoms with Crippen molar-refractivity contribution in [1.82, 2.24) is 9.97 Å². The van der Waals surface area contributed by atoms with E-state index >= 15 is 0 Å². The van der Waals surface area contributed by atoms with Gasteiger partial charge in [0, 0.05) is 6.20 Å². The van der Waals surface area contributed by atoms with Gasteiger partial charge in [-0.05, 0) is 37.0 Å². The van der Waals surface area contributed by atoms with E-state index in [1.807, 2.05) is 24.3 Å². The van der Waals surface area contributed by atoms with Gasteiger partial charge in [-0.2, -0.15) is 5.26 Å². The summed E-state index contributed by atoms with van der Waals surface area (Å²) < 4.78 is 0. The van der Waals surface area contributed by atoms with Crippen LogP contribution >= 0.6 is 0 Å². The van der Waals surface area contributed by atoms with Crippen LogP contribution in [0, 0.1) is 23.7 Å². The smallest absolute Gasteiger partial charge is 0.125 e. The largest absolute Gasteiger partial charge is 0.385 e. The van der Waals surface area contributed by atoms with Gasteiger partial charge in [0.25, 0.3) is 0 Å². The zero-order valence-electron chi connectivity index (χ0n) is 11.2. The molecule has 1 N–H and O–H groups in total. The molecule has 1 aromatic carbocycles. The molecular weight excluding hydrogens is 250 g/mol. The molecule has 0 spiro atoms. The summed E-state index contributed by atoms with van der Waals surface area (Å²) in [6.45, 7) is 1.78. The van der Waals surface area contributed by atoms with Gasteiger partial charge in [-0.3, -0.25) is 0 Å². The van der Waals surface area contributed by atoms with E-state index in [-0.39, 0.29) is 0 Å². The second kappa shape index (κ2) is 4.69. The Hall–Kier alpha value is -2.25. The highest BCUT2D eigenvalue weighted by molar-refractivity contribution is 5.38. The predicted octanol–water partition coefficient (Wildman–Crippen LogP) is 2.13. The van der Waals surface area contributed by atoms with Crippen molar-refractivity contribution < 1.29 is 5.11 Å². The highest BCUT2D eigenvalue weighted by Gasteiger charge is 2.45. The van der Waals surface area contributed by atoms with Gasteiger partial charge < -0.3 is 5.11 Å². The van der Waals surface area contributed by atoms with Gasteiger partial charge in [-0.1, -0.05) is 24.3 Å². The lowest BCUT2D eigenvalue weighted by Crippen LogP contribution is -2.29. The fraction of sp³-hybridized carbons (Fsp3) is 0.312. The lowest BCUT2D eigenvalue weighted by Gasteiger charge is -2.26. The van der Waals surface area contributed by atoms with Gasteiger partial charge in [-0.25, -0.2) is 9.97 Å². The number of fused-ring (bicyclic) bond motifs is 1. The first kappa shape index (κ1) is 12.8. The first-order chi connectivity index (χ1) is 9.64. The highest BCUT2D eigenvalue weighted by atomic mass is 16.3. The maximum Gasteiger partial charge on any atom is 0.125 e. The minimum absolute atomic E-state index is 0.520. The van der Waals surface area contributed by atoms with Crippen molar-refractivity contribution in [3.05, 3.63) is 59.2 Å². The lowest BCUT2D eigenvalue weighted by atomic mass is 9.79. The number of aryl methyl sites for hydroxylation is 1. The van der Waals surface area contributed by atoms with Crippen LogP contribution in [0.2, 0.25) is 0 Å². The van der Waals surface area contributed by atoms with Crippen LogP contribution in [0.5, 0.6) is 0 Å². The van der Waals surface area contributed by atoms with Crippen LogP contribution < -0.4 is 0 Å². The fourth-order valence-electron chi connectivity index (χ4n) is 2.89. The Kier molecular flexibility index (Phi) is 3.00. The van der Waals surface area contributed by atoms with E-state index in [1.54, 1.807) is 19.2 Å². The number of hydrogen-bond donors (Lipinski definition) is 1. The maximum absolute atomic E-state index is 10.7. The number of hydrogen-bond acceptors (Lipinski definition) is 4. The van der Waals surface area contributed by atoms with Crippen molar-refractivity contribution in [1.29, 1.82) is 5.26 Å². The number of nitriles is 1. The molecule has 1 heterocycles. The molecule has 1 aliphatic carbocycles. The molecule has 0 fully saturated rings. The molecule has 1 aromatic heterocycles. The molecule has 1 aliphatic rings. The molecule has 2 aromatic rings. The summed E-state index contributed by atoms with van der Waals surface area (Å²) in [6.07, 6.45) is 1.84. The van der Waals surface area contributed by atoms with Crippen molar-refractivity contribution in [3.8, 4) is 6.07 Å². The predicted molar refractivity (Wildman–Crippen MR) is 73.6 cm³/mol. The summed E-state index contributed by atoms with van der Waals surface area (Å²) in [4.78, 5) is 8.29. The van der Waals surface area contributed by atoms with Crippen LogP contribution in [0.15, 0.2) is 36.5 Å². The molecule has 100 valence electrons. The average Bonchev–Trinajstić information content (AvgIpc) is 2.86. The van der Waals surface area contributed by atoms with Crippen molar-refractivity contribution >= 4 is 0 Å². The van der Waals surface area contributed by atoms with E-state index in [0.717, 1.165) is 11.1 Å². The van der Waals surface area contributed by atoms with E-state index in [2.05, 4.69) is 16.0 Å². The Morgan fingerprint density at radius 2 is 1.90 bits per heavy atom. The Morgan fingerprint density at radius 1 is 1.25 bits per heavy atom. The Morgan fingerprint density at radius 3 is 2.45 bits per heavy atom. The Bertz CT molecular complexity index is 665. The van der Waals surface area contributed by atoms with Crippen LogP contribution in [-0.2, 0) is 12.8 Å². The third kappa shape index (κ3) is 1.97. The number of benzene rings is 1. The van der Waals surface area contributed by atoms with Gasteiger partial charge in [-0.15, -0.1) is 0 Å². The fourth-order valence-corrected chi connectivity index (χ4v) is 2.89. The minimum atomic E-state index is -0.901. The number of aromatic nitrogens is 2. The van der Waals surface area contributed by atoms with Crippen molar-refractivity contribution in [2.24, 2.45) is 5.41 Å². The van der Waals surface area contributed by atoms with Crippen LogP contribution in [0.1, 0.15) is 28.7 Å². The molecule has 3 rings (SSSR count). The normalized spacial score (nSPS) is 17.2. The van der Waals surface area contributed by atoms with Gasteiger partial charge in [0.1, 0.15) is 11.9 Å². The summed E-state index contributed by atoms with van der Waals surface area (Å²) >= 11 is 0. The Balaban J connectivity index is 1.98. The van der Waals surface area contributed by atoms with Gasteiger partial charge >= 0.3 is 0 Å². The molecular formula is C16H15N3O. The van der Waals surface area contributed by atoms with Crippen molar-refractivity contribution in [3.63, 3.8) is 0 Å². The first-order valence-electron chi connectivity index (χ1n) is 6.60. The van der Waals surface area contributed by atoms with Gasteiger partial charge in [0.05, 0.1) is 17.2 Å². The molecule has 0 amide bonds. The van der Waals surface area contributed by atoms with Crippen LogP contribution in [0.25, 0.3) is 0 Å². The molecule has 0 saturated heterocycles. The van der Waals surface area contributed by atoms with Crippen molar-refractivity contribution in [2.45, 2.75) is 25.9 Å². The summed E-state index contributed by atoms with van der Waals surface area (Å²) in [5.41, 5.74) is 1.97. The topological polar surface area (TPSA) is 69.8 Å². The van der Waals surface area contributed by atoms with E-state index in [0.29, 0.717) is 24.4 Å². The van der Waals surface area contributed by atoms with E-state index < -0.39 is 11.5 Å². The molecule has 4 heteroatoms. The summed E-state index contributed by atoms with van der Waals surface area (Å²) in [6, 6.07) is 12.0. The van der Waals surface area contributed by atoms with Crippen molar-refractivity contribution in [2.75, 3.05) is 0 Å². The molecule has 1 atom stereocenters. The second-order valence-corrected chi connectivity index (χ2v) is 5.32. The molecule has 0 aliphatic heterocycles. The maximum atomic E-state index is 10.7. The molecule has 4 nitrogen and oxygen atoms in total. The molecule has 0 bridgehead atoms. The SMILES string of the molecule is Cc1nccc(C(O)C2(C#N)Cc3ccccc3C2)n1. The number of aliphatic hydroxyl groups is 1. The lowest BCUT2D eigenvalue weighted by molar-refractivity contribution is 0.0653. The number of nitrogens with zero attached hydrogens (tertiary/aromatic N) is 3. The first-order valence-corrected chi connectivity index (χ1v) is 6.60. The zero-order valence-corrected chi connectivity index (χ0v) is 11.2. The van der Waals surface area contributed by atoms with E-state index in [1.165, 1.54) is 0 Å². The summed E-state index contributed by atoms with van der Waals surface area (Å²) in [5.74, 6) is 0.602. The van der Waals surface area contributed by atoms with Gasteiger partial charge in [0.2, 0.25) is 0 Å². The second-order valence-electron chi connectivity index (χ2n) is 5.32. The average molecular weight is 265 g/mol. The number of rotatable bonds is 2. The summed E-state index contributed by atoms with van der Waals surface area (Å²) in [7, 11) is 0. The molecule has 20 heavy (non-hydrogen) atoms. The monoisotopic (exact) mass is 265 g/mol. The summed E-state index contributed by atoms with van der Waals surface area (Å²) in [5, 5.41) is 20.3. The third-order valence-corrected chi connectivity index (χ3v) is 3.95. The highest BCUT2D eigenvalue weighted by Crippen LogP contribution is 2.44. The van der Waals surface area contributed by atoms with Gasteiger partial charge in [0.15, 0.2) is 0 Å². The zero-order chi connectivity index (χ0) is 14.2. The van der Waals surface area contributed by atoms with E-state index in [9.17, 15) is 10.4 Å². The molecule has 0 saturated carbocycles. The Labute approximate surface area is 117 Å². The quantitative estimate of drug-likeness (QED) is 0.903. The van der Waals surface area contributed by atoms with Crippen LogP contribution in [-0.4, -0.2) is 15.1 Å². The van der Waals surface area contributed by atoms with Crippen LogP contribution in [0.4, 0.5) is 0 Å². The minimum Gasteiger partial charge on any atom is -0.385 e. The third-order valence-electron chi connectivity index (χ3n) is 3.95. The molecule has 1 unspecified atom stereocenters. The number of aliphatic hydroxyl groups excluding tert-OH is 1. The standard InChI is InChI=1S/C16H15N3O/c1-11-18-7-6-14(19-11)15(20)16(10-17)8-12-4-2-3-5-13(12)9-16/h2-7,15,20H,8-9H2,1H3.